The fourth-order valence-electron chi connectivity index (χ4n) is 10.3. The van der Waals surface area contributed by atoms with Crippen molar-refractivity contribution < 1.29 is 80.2 Å². The van der Waals surface area contributed by atoms with Gasteiger partial charge in [-0.05, 0) is 69.1 Å². The van der Waals surface area contributed by atoms with Crippen LogP contribution in [0.15, 0.2) is 24.3 Å². The van der Waals surface area contributed by atoms with Crippen molar-refractivity contribution in [2.24, 2.45) is 17.8 Å². The summed E-state index contributed by atoms with van der Waals surface area (Å²) in [5.41, 5.74) is 0. The number of unbranched alkanes of at least 4 members (excludes halogenated alkanes) is 32. The number of phosphoric acid groups is 2. The van der Waals surface area contributed by atoms with Crippen LogP contribution < -0.4 is 0 Å². The number of carbonyl (C=O) groups is 4. The molecule has 0 aliphatic carbocycles. The second kappa shape index (κ2) is 62.4. The van der Waals surface area contributed by atoms with Crippen LogP contribution in [-0.2, 0) is 65.4 Å². The van der Waals surface area contributed by atoms with Crippen LogP contribution in [0.3, 0.4) is 0 Å². The molecule has 91 heavy (non-hydrogen) atoms. The first-order chi connectivity index (χ1) is 43.8. The van der Waals surface area contributed by atoms with E-state index < -0.39 is 97.5 Å². The molecule has 0 saturated carbocycles. The van der Waals surface area contributed by atoms with Crippen LogP contribution in [0.2, 0.25) is 0 Å². The number of rotatable bonds is 68. The highest BCUT2D eigenvalue weighted by Gasteiger charge is 2.30. The van der Waals surface area contributed by atoms with Gasteiger partial charge in [-0.15, -0.1) is 0 Å². The third kappa shape index (κ3) is 64.6. The molecule has 4 unspecified atom stereocenters. The molecular weight excluding hydrogens is 1200 g/mol. The number of hydrogen-bond donors (Lipinski definition) is 3. The van der Waals surface area contributed by atoms with Crippen LogP contribution in [0.25, 0.3) is 0 Å². The number of phosphoric ester groups is 2. The molecule has 0 aromatic heterocycles. The highest BCUT2D eigenvalue weighted by atomic mass is 31.2. The fraction of sp³-hybridized carbons (Fsp3) is 0.889. The molecule has 0 aromatic carbocycles. The molecule has 0 bridgehead atoms. The van der Waals surface area contributed by atoms with E-state index in [4.69, 9.17) is 37.0 Å². The Kier molecular flexibility index (Phi) is 60.7. The molecule has 0 spiro atoms. The Hall–Kier alpha value is -2.46. The van der Waals surface area contributed by atoms with Gasteiger partial charge >= 0.3 is 39.5 Å². The molecule has 0 aliphatic rings. The summed E-state index contributed by atoms with van der Waals surface area (Å²) in [6.07, 6.45) is 49.5. The Bertz CT molecular complexity index is 1880. The van der Waals surface area contributed by atoms with Crippen LogP contribution in [0.5, 0.6) is 0 Å². The normalized spacial score (nSPS) is 14.6. The largest absolute Gasteiger partial charge is 0.472 e. The summed E-state index contributed by atoms with van der Waals surface area (Å²) in [5.74, 6) is 0.0600. The summed E-state index contributed by atoms with van der Waals surface area (Å²) in [7, 11) is -9.92. The topological polar surface area (TPSA) is 237 Å². The molecule has 0 radical (unpaired) electrons. The number of aliphatic hydroxyl groups is 1. The Labute approximate surface area is 554 Å². The maximum atomic E-state index is 13.0. The first kappa shape index (κ1) is 88.5. The van der Waals surface area contributed by atoms with Crippen molar-refractivity contribution in [1.29, 1.82) is 0 Å². The smallest absolute Gasteiger partial charge is 0.462 e. The molecule has 19 heteroatoms. The number of esters is 4. The van der Waals surface area contributed by atoms with Gasteiger partial charge in [0, 0.05) is 25.7 Å². The minimum absolute atomic E-state index is 0.0994. The minimum Gasteiger partial charge on any atom is -0.462 e. The van der Waals surface area contributed by atoms with Gasteiger partial charge in [0.25, 0.3) is 0 Å². The molecule has 0 aliphatic heterocycles. The van der Waals surface area contributed by atoms with Crippen molar-refractivity contribution in [3.8, 4) is 0 Å². The number of ether oxygens (including phenoxy) is 4. The summed E-state index contributed by atoms with van der Waals surface area (Å²) in [6.45, 7) is 11.7. The maximum absolute atomic E-state index is 13.0. The number of aliphatic hydroxyl groups excluding tert-OH is 1. The van der Waals surface area contributed by atoms with Gasteiger partial charge in [-0.2, -0.15) is 0 Å². The van der Waals surface area contributed by atoms with E-state index in [2.05, 4.69) is 72.8 Å². The molecule has 3 N–H and O–H groups in total. The zero-order valence-corrected chi connectivity index (χ0v) is 60.6. The Morgan fingerprint density at radius 2 is 0.648 bits per heavy atom. The predicted octanol–water partition coefficient (Wildman–Crippen LogP) is 20.2. The van der Waals surface area contributed by atoms with E-state index in [1.54, 1.807) is 0 Å². The van der Waals surface area contributed by atoms with E-state index in [1.807, 2.05) is 0 Å². The summed E-state index contributed by atoms with van der Waals surface area (Å²) >= 11 is 0. The van der Waals surface area contributed by atoms with Crippen molar-refractivity contribution in [3.63, 3.8) is 0 Å². The highest BCUT2D eigenvalue weighted by Crippen LogP contribution is 2.45. The fourth-order valence-corrected chi connectivity index (χ4v) is 11.9. The van der Waals surface area contributed by atoms with Crippen LogP contribution in [-0.4, -0.2) is 96.7 Å². The lowest BCUT2D eigenvalue weighted by Crippen LogP contribution is -2.30. The SMILES string of the molecule is CCCCCC/C=C\C=C/CCCCCCCC(=O)OC[C@H](COP(=O)(O)OCC(O)COP(=O)(O)OC[C@@H](COC(=O)CCCCCCCCCCC(C)C)OC(=O)CCCCCCCCC(C)CC)OC(=O)CCCCCCCCCCCCCCC(C)C. The monoisotopic (exact) mass is 1330 g/mol. The molecule has 0 heterocycles. The van der Waals surface area contributed by atoms with Gasteiger partial charge in [0.1, 0.15) is 19.3 Å². The van der Waals surface area contributed by atoms with E-state index in [9.17, 15) is 43.2 Å². The lowest BCUT2D eigenvalue weighted by Gasteiger charge is -2.21. The molecule has 0 fully saturated rings. The first-order valence-corrected chi connectivity index (χ1v) is 39.7. The lowest BCUT2D eigenvalue weighted by atomic mass is 10.00. The minimum atomic E-state index is -4.96. The number of hydrogen-bond acceptors (Lipinski definition) is 15. The average Bonchev–Trinajstić information content (AvgIpc) is 2.95. The zero-order chi connectivity index (χ0) is 67.3. The molecular formula is C72H136O17P2. The van der Waals surface area contributed by atoms with Crippen LogP contribution >= 0.6 is 15.6 Å². The van der Waals surface area contributed by atoms with Gasteiger partial charge in [0.2, 0.25) is 0 Å². The first-order valence-electron chi connectivity index (χ1n) is 36.7. The predicted molar refractivity (Wildman–Crippen MR) is 367 cm³/mol. The van der Waals surface area contributed by atoms with Crippen LogP contribution in [0, 0.1) is 17.8 Å². The van der Waals surface area contributed by atoms with Crippen molar-refractivity contribution in [2.45, 2.75) is 356 Å². The van der Waals surface area contributed by atoms with E-state index in [0.717, 1.165) is 127 Å². The number of allylic oxidation sites excluding steroid dienone is 4. The van der Waals surface area contributed by atoms with Gasteiger partial charge in [-0.1, -0.05) is 285 Å². The van der Waals surface area contributed by atoms with Gasteiger partial charge in [-0.3, -0.25) is 37.3 Å². The van der Waals surface area contributed by atoms with Gasteiger partial charge < -0.3 is 33.8 Å². The van der Waals surface area contributed by atoms with Crippen LogP contribution in [0.4, 0.5) is 0 Å². The van der Waals surface area contributed by atoms with Gasteiger partial charge in [-0.25, -0.2) is 9.13 Å². The summed E-state index contributed by atoms with van der Waals surface area (Å²) in [5, 5.41) is 10.6. The third-order valence-electron chi connectivity index (χ3n) is 16.4. The van der Waals surface area contributed by atoms with Crippen molar-refractivity contribution in [3.05, 3.63) is 24.3 Å². The molecule has 0 amide bonds. The molecule has 17 nitrogen and oxygen atoms in total. The van der Waals surface area contributed by atoms with Crippen molar-refractivity contribution in [1.82, 2.24) is 0 Å². The Balaban J connectivity index is 5.29. The highest BCUT2D eigenvalue weighted by molar-refractivity contribution is 7.47. The second-order valence-corrected chi connectivity index (χ2v) is 29.4. The van der Waals surface area contributed by atoms with E-state index >= 15 is 0 Å². The Morgan fingerprint density at radius 1 is 0.363 bits per heavy atom. The Morgan fingerprint density at radius 3 is 0.978 bits per heavy atom. The standard InChI is InChI=1S/C72H136O17P2/c1-8-10-11-12-13-14-15-16-17-18-22-25-31-39-46-53-69(74)82-59-67(88-71(76)55-48-41-33-26-23-20-19-21-24-29-36-43-50-63(3)4)61-86-90(78,79)84-57-66(73)58-85-91(80,81)87-62-68(89-72(77)56-49-42-35-34-38-45-52-65(7)9-2)60-83-70(75)54-47-40-32-28-27-30-37-44-51-64(5)6/h14-17,63-68,73H,8-13,18-62H2,1-7H3,(H,78,79)(H,80,81)/b15-14-,17-16-/t65?,66?,67-,68-/m1/s1. The molecule has 536 valence electrons. The van der Waals surface area contributed by atoms with E-state index in [0.29, 0.717) is 25.7 Å². The van der Waals surface area contributed by atoms with Gasteiger partial charge in [0.15, 0.2) is 12.2 Å². The van der Waals surface area contributed by atoms with Crippen molar-refractivity contribution >= 4 is 39.5 Å². The zero-order valence-electron chi connectivity index (χ0n) is 58.8. The van der Waals surface area contributed by atoms with Gasteiger partial charge in [0.05, 0.1) is 26.4 Å². The summed E-state index contributed by atoms with van der Waals surface area (Å²) in [6, 6.07) is 0. The molecule has 0 saturated heterocycles. The number of carbonyl (C=O) groups excluding carboxylic acids is 4. The van der Waals surface area contributed by atoms with E-state index in [-0.39, 0.29) is 25.7 Å². The van der Waals surface area contributed by atoms with Crippen LogP contribution in [0.1, 0.15) is 337 Å². The third-order valence-corrected chi connectivity index (χ3v) is 18.3. The summed E-state index contributed by atoms with van der Waals surface area (Å²) in [4.78, 5) is 72.6. The quantitative estimate of drug-likeness (QED) is 0.0169. The maximum Gasteiger partial charge on any atom is 0.472 e. The molecule has 6 atom stereocenters. The van der Waals surface area contributed by atoms with E-state index in [1.165, 1.54) is 128 Å². The molecule has 0 aromatic rings. The molecule has 0 rings (SSSR count). The lowest BCUT2D eigenvalue weighted by molar-refractivity contribution is -0.161. The second-order valence-electron chi connectivity index (χ2n) is 26.5. The van der Waals surface area contributed by atoms with Crippen molar-refractivity contribution in [2.75, 3.05) is 39.6 Å². The average molecular weight is 1340 g/mol. The summed E-state index contributed by atoms with van der Waals surface area (Å²) < 4.78 is 68.3.